The summed E-state index contributed by atoms with van der Waals surface area (Å²) in [6.45, 7) is 13.3. The molecule has 1 aromatic rings. The zero-order valence-corrected chi connectivity index (χ0v) is 15.3. The molecule has 130 valence electrons. The van der Waals surface area contributed by atoms with Crippen molar-refractivity contribution in [3.63, 3.8) is 0 Å². The summed E-state index contributed by atoms with van der Waals surface area (Å²) >= 11 is 0. The van der Waals surface area contributed by atoms with Crippen molar-refractivity contribution in [2.24, 2.45) is 0 Å². The maximum Gasteiger partial charge on any atom is 0.105 e. The molecular weight excluding hydrogens is 308 g/mol. The lowest BCUT2D eigenvalue weighted by Gasteiger charge is -2.50. The Morgan fingerprint density at radius 1 is 1.04 bits per heavy atom. The van der Waals surface area contributed by atoms with Gasteiger partial charge in [0, 0.05) is 13.1 Å². The molecule has 23 heavy (non-hydrogen) atoms. The number of nitrogens with zero attached hydrogens (tertiary/aromatic N) is 2. The Labute approximate surface area is 147 Å². The van der Waals surface area contributed by atoms with Crippen molar-refractivity contribution in [2.45, 2.75) is 38.9 Å². The summed E-state index contributed by atoms with van der Waals surface area (Å²) in [4.78, 5) is 2.66. The topological polar surface area (TPSA) is 12.5 Å². The van der Waals surface area contributed by atoms with Crippen molar-refractivity contribution in [3.05, 3.63) is 35.9 Å². The van der Waals surface area contributed by atoms with E-state index in [4.69, 9.17) is 4.74 Å². The number of piperazine rings is 1. The van der Waals surface area contributed by atoms with Crippen LogP contribution in [0.5, 0.6) is 0 Å². The lowest BCUT2D eigenvalue weighted by atomic mass is 10.1. The third-order valence-electron chi connectivity index (χ3n) is 5.32. The van der Waals surface area contributed by atoms with Gasteiger partial charge in [-0.1, -0.05) is 30.3 Å². The minimum absolute atomic E-state index is 0. The van der Waals surface area contributed by atoms with Crippen LogP contribution >= 0.6 is 0 Å². The second-order valence-corrected chi connectivity index (χ2v) is 7.34. The lowest BCUT2D eigenvalue weighted by molar-refractivity contribution is -0.945. The average molecular weight is 339 g/mol. The normalized spacial score (nSPS) is 27.6. The molecule has 2 heterocycles. The van der Waals surface area contributed by atoms with Crippen LogP contribution in [0.2, 0.25) is 0 Å². The van der Waals surface area contributed by atoms with Crippen LogP contribution in [0.4, 0.5) is 0 Å². The molecule has 1 aromatic carbocycles. The molecule has 0 aromatic heterocycles. The summed E-state index contributed by atoms with van der Waals surface area (Å²) in [5.74, 6) is 0. The molecule has 0 N–H and O–H groups in total. The summed E-state index contributed by atoms with van der Waals surface area (Å²) < 4.78 is 7.21. The first kappa shape index (κ1) is 18.7. The zero-order chi connectivity index (χ0) is 15.4. The van der Waals surface area contributed by atoms with Gasteiger partial charge >= 0.3 is 0 Å². The number of benzene rings is 1. The largest absolute Gasteiger partial charge is 1.00 e. The van der Waals surface area contributed by atoms with Gasteiger partial charge in [0.25, 0.3) is 0 Å². The molecule has 2 aliphatic heterocycles. The molecule has 0 aliphatic carbocycles. The highest BCUT2D eigenvalue weighted by molar-refractivity contribution is 5.14. The Kier molecular flexibility index (Phi) is 6.90. The van der Waals surface area contributed by atoms with Crippen molar-refractivity contribution < 1.29 is 21.6 Å². The van der Waals surface area contributed by atoms with Gasteiger partial charge in [-0.05, 0) is 38.8 Å². The molecule has 0 saturated carbocycles. The second-order valence-electron chi connectivity index (χ2n) is 7.34. The first-order chi connectivity index (χ1) is 10.7. The van der Waals surface area contributed by atoms with Crippen LogP contribution in [-0.2, 0) is 11.2 Å². The highest BCUT2D eigenvalue weighted by Gasteiger charge is 2.39. The van der Waals surface area contributed by atoms with E-state index in [1.165, 1.54) is 68.7 Å². The van der Waals surface area contributed by atoms with Gasteiger partial charge in [0.05, 0.1) is 13.1 Å². The van der Waals surface area contributed by atoms with Gasteiger partial charge in [0.15, 0.2) is 0 Å². The van der Waals surface area contributed by atoms with E-state index in [-0.39, 0.29) is 12.4 Å². The third kappa shape index (κ3) is 5.18. The van der Waals surface area contributed by atoms with Crippen LogP contribution in [0, 0.1) is 0 Å². The smallest absolute Gasteiger partial charge is 0.105 e. The predicted molar refractivity (Wildman–Crippen MR) is 90.9 cm³/mol. The summed E-state index contributed by atoms with van der Waals surface area (Å²) in [5.41, 5.74) is 1.47. The van der Waals surface area contributed by atoms with Crippen molar-refractivity contribution >= 4 is 0 Å². The average Bonchev–Trinajstić information content (AvgIpc) is 2.49. The standard InChI is InChI=1S/C19H31N2O.ClH/c1-17-15-21(16-18(2)22-17)13-11-20(12-14-21)10-6-9-19-7-4-3-5-8-19;/h3-5,7-8,17-18H,6,9-16H2,1-2H3;1H/q+1;/p-1. The van der Waals surface area contributed by atoms with E-state index in [0.717, 1.165) is 0 Å². The number of rotatable bonds is 4. The van der Waals surface area contributed by atoms with Crippen molar-refractivity contribution in [1.29, 1.82) is 0 Å². The van der Waals surface area contributed by atoms with Crippen LogP contribution in [-0.4, -0.2) is 67.4 Å². The van der Waals surface area contributed by atoms with E-state index in [1.54, 1.807) is 0 Å². The van der Waals surface area contributed by atoms with Gasteiger partial charge < -0.3 is 21.6 Å². The Bertz CT molecular complexity index is 448. The van der Waals surface area contributed by atoms with Gasteiger partial charge in [0.1, 0.15) is 25.3 Å². The van der Waals surface area contributed by atoms with Gasteiger partial charge in [0.2, 0.25) is 0 Å². The van der Waals surface area contributed by atoms with E-state index in [1.807, 2.05) is 0 Å². The zero-order valence-electron chi connectivity index (χ0n) is 14.6. The van der Waals surface area contributed by atoms with E-state index in [2.05, 4.69) is 49.1 Å². The van der Waals surface area contributed by atoms with E-state index < -0.39 is 0 Å². The molecule has 2 unspecified atom stereocenters. The number of hydrogen-bond acceptors (Lipinski definition) is 2. The fraction of sp³-hybridized carbons (Fsp3) is 0.684. The number of hydrogen-bond donors (Lipinski definition) is 0. The monoisotopic (exact) mass is 338 g/mol. The van der Waals surface area contributed by atoms with Crippen molar-refractivity contribution in [1.82, 2.24) is 4.90 Å². The number of quaternary nitrogens is 1. The fourth-order valence-electron chi connectivity index (χ4n) is 4.32. The molecule has 3 nitrogen and oxygen atoms in total. The molecule has 2 saturated heterocycles. The highest BCUT2D eigenvalue weighted by atomic mass is 35.5. The van der Waals surface area contributed by atoms with Crippen LogP contribution in [0.15, 0.2) is 30.3 Å². The summed E-state index contributed by atoms with van der Waals surface area (Å²) in [6, 6.07) is 10.9. The van der Waals surface area contributed by atoms with Crippen LogP contribution in [0.1, 0.15) is 25.8 Å². The third-order valence-corrected chi connectivity index (χ3v) is 5.32. The number of morpholine rings is 1. The van der Waals surface area contributed by atoms with Gasteiger partial charge in [-0.3, -0.25) is 4.90 Å². The minimum Gasteiger partial charge on any atom is -1.00 e. The SMILES string of the molecule is CC1C[N+]2(CCN(CCCc3ccccc3)CC2)CC(C)O1.[Cl-]. The van der Waals surface area contributed by atoms with Crippen LogP contribution in [0.25, 0.3) is 0 Å². The number of ether oxygens (including phenoxy) is 1. The minimum atomic E-state index is 0. The predicted octanol–water partition coefficient (Wildman–Crippen LogP) is -0.437. The molecule has 2 aliphatic rings. The second kappa shape index (κ2) is 8.48. The lowest BCUT2D eigenvalue weighted by Crippen LogP contribution is -3.00. The molecule has 0 bridgehead atoms. The molecule has 3 rings (SSSR count). The van der Waals surface area contributed by atoms with Gasteiger partial charge in [-0.2, -0.15) is 0 Å². The van der Waals surface area contributed by atoms with E-state index >= 15 is 0 Å². The Morgan fingerprint density at radius 2 is 1.65 bits per heavy atom. The Hall–Kier alpha value is -0.610. The first-order valence-electron chi connectivity index (χ1n) is 8.92. The Morgan fingerprint density at radius 3 is 2.26 bits per heavy atom. The number of halogens is 1. The molecular formula is C19H31ClN2O. The maximum absolute atomic E-state index is 5.93. The molecule has 1 spiro atoms. The summed E-state index contributed by atoms with van der Waals surface area (Å²) in [7, 11) is 0. The summed E-state index contributed by atoms with van der Waals surface area (Å²) in [6.07, 6.45) is 3.33. The van der Waals surface area contributed by atoms with Crippen molar-refractivity contribution in [3.8, 4) is 0 Å². The van der Waals surface area contributed by atoms with Crippen LogP contribution < -0.4 is 12.4 Å². The fourth-order valence-corrected chi connectivity index (χ4v) is 4.32. The van der Waals surface area contributed by atoms with Crippen LogP contribution in [0.3, 0.4) is 0 Å². The number of aryl methyl sites for hydroxylation is 1. The highest BCUT2D eigenvalue weighted by Crippen LogP contribution is 2.22. The van der Waals surface area contributed by atoms with Crippen molar-refractivity contribution in [2.75, 3.05) is 45.8 Å². The van der Waals surface area contributed by atoms with Gasteiger partial charge in [-0.15, -0.1) is 0 Å². The molecule has 2 atom stereocenters. The van der Waals surface area contributed by atoms with E-state index in [9.17, 15) is 0 Å². The molecule has 0 amide bonds. The quantitative estimate of drug-likeness (QED) is 0.690. The molecule has 4 heteroatoms. The van der Waals surface area contributed by atoms with E-state index in [0.29, 0.717) is 12.2 Å². The molecule has 2 fully saturated rings. The maximum atomic E-state index is 5.93. The summed E-state index contributed by atoms with van der Waals surface area (Å²) in [5, 5.41) is 0. The molecule has 0 radical (unpaired) electrons. The first-order valence-corrected chi connectivity index (χ1v) is 8.92. The Balaban J connectivity index is 0.00000192. The van der Waals surface area contributed by atoms with Gasteiger partial charge in [-0.25, -0.2) is 0 Å².